The third kappa shape index (κ3) is 7.23. The van der Waals surface area contributed by atoms with Crippen molar-refractivity contribution in [3.05, 3.63) is 249 Å². The number of benzene rings is 11. The van der Waals surface area contributed by atoms with Gasteiger partial charge in [0.1, 0.15) is 11.2 Å². The van der Waals surface area contributed by atoms with Crippen molar-refractivity contribution in [3.63, 3.8) is 0 Å². The predicted octanol–water partition coefficient (Wildman–Crippen LogP) is 17.4. The molecule has 0 N–H and O–H groups in total. The van der Waals surface area contributed by atoms with Crippen LogP contribution >= 0.6 is 0 Å². The van der Waals surface area contributed by atoms with E-state index in [-0.39, 0.29) is 0 Å². The van der Waals surface area contributed by atoms with Gasteiger partial charge in [0.05, 0.1) is 0 Å². The van der Waals surface area contributed by atoms with E-state index in [1.807, 2.05) is 30.3 Å². The Labute approximate surface area is 399 Å². The summed E-state index contributed by atoms with van der Waals surface area (Å²) >= 11 is 0. The summed E-state index contributed by atoms with van der Waals surface area (Å²) in [6, 6.07) is 87.8. The molecule has 4 heteroatoms. The molecule has 0 spiro atoms. The third-order valence-corrected chi connectivity index (χ3v) is 13.4. The first-order chi connectivity index (χ1) is 34.2. The van der Waals surface area contributed by atoms with Crippen molar-refractivity contribution in [1.29, 1.82) is 0 Å². The lowest BCUT2D eigenvalue weighted by Gasteiger charge is -2.16. The molecule has 0 saturated carbocycles. The normalized spacial score (nSPS) is 11.5. The molecule has 2 aromatic heterocycles. The predicted molar refractivity (Wildman–Crippen MR) is 286 cm³/mol. The molecule has 0 amide bonds. The van der Waals surface area contributed by atoms with Gasteiger partial charge in [0.25, 0.3) is 0 Å². The fraction of sp³-hybridized carbons (Fsp3) is 0. The molecule has 69 heavy (non-hydrogen) atoms. The maximum Gasteiger partial charge on any atom is 0.164 e. The molecule has 13 aromatic rings. The summed E-state index contributed by atoms with van der Waals surface area (Å²) in [5.41, 5.74) is 16.0. The van der Waals surface area contributed by atoms with Gasteiger partial charge < -0.3 is 4.42 Å². The fourth-order valence-electron chi connectivity index (χ4n) is 10.0. The Balaban J connectivity index is 0.891. The van der Waals surface area contributed by atoms with Crippen LogP contribution in [0.25, 0.3) is 133 Å². The van der Waals surface area contributed by atoms with Crippen molar-refractivity contribution in [2.24, 2.45) is 0 Å². The highest BCUT2D eigenvalue weighted by Gasteiger charge is 2.19. The van der Waals surface area contributed by atoms with Crippen molar-refractivity contribution >= 4 is 43.5 Å². The van der Waals surface area contributed by atoms with Crippen LogP contribution in [-0.2, 0) is 0 Å². The van der Waals surface area contributed by atoms with Crippen LogP contribution in [0.15, 0.2) is 253 Å². The minimum absolute atomic E-state index is 0.614. The smallest absolute Gasteiger partial charge is 0.164 e. The molecule has 0 aliphatic heterocycles. The second-order valence-corrected chi connectivity index (χ2v) is 17.5. The third-order valence-electron chi connectivity index (χ3n) is 13.4. The summed E-state index contributed by atoms with van der Waals surface area (Å²) in [6.45, 7) is 0. The lowest BCUT2D eigenvalue weighted by molar-refractivity contribution is 0.669. The molecule has 0 fully saturated rings. The van der Waals surface area contributed by atoms with Crippen LogP contribution in [0.1, 0.15) is 0 Å². The zero-order chi connectivity index (χ0) is 45.7. The molecule has 0 aliphatic carbocycles. The summed E-state index contributed by atoms with van der Waals surface area (Å²) in [6.07, 6.45) is 0. The van der Waals surface area contributed by atoms with E-state index in [9.17, 15) is 0 Å². The second kappa shape index (κ2) is 16.9. The van der Waals surface area contributed by atoms with E-state index < -0.39 is 0 Å². The molecular weight excluding hydrogens is 839 g/mol. The van der Waals surface area contributed by atoms with E-state index in [4.69, 9.17) is 19.4 Å². The first-order valence-electron chi connectivity index (χ1n) is 23.3. The van der Waals surface area contributed by atoms with E-state index in [1.165, 1.54) is 43.8 Å². The maximum atomic E-state index is 6.18. The zero-order valence-corrected chi connectivity index (χ0v) is 37.4. The number of aromatic nitrogens is 3. The highest BCUT2D eigenvalue weighted by molar-refractivity contribution is 6.13. The second-order valence-electron chi connectivity index (χ2n) is 17.5. The standard InChI is InChI=1S/C65H41N3O/c1-3-16-42(17-4-1)46-20-15-21-48(40-46)64-66-63(67-65(68-64)59-28-12-7-22-49(59)43-18-5-2-6-19-43)45-32-30-44(31-33-45)50-35-37-56(54-25-10-8-23-52(50)54)57-38-36-51(53-24-9-11-26-55(53)57)47-34-39-62-60(41-47)58-27-13-14-29-61(58)69-62/h1-41H. The molecule has 11 aromatic carbocycles. The molecule has 2 heterocycles. The van der Waals surface area contributed by atoms with Gasteiger partial charge in [-0.3, -0.25) is 0 Å². The molecule has 0 unspecified atom stereocenters. The van der Waals surface area contributed by atoms with Crippen molar-refractivity contribution in [3.8, 4) is 89.8 Å². The molecule has 0 bridgehead atoms. The molecule has 0 saturated heterocycles. The van der Waals surface area contributed by atoms with E-state index in [2.05, 4.69) is 218 Å². The SMILES string of the molecule is c1ccc(-c2cccc(-c3nc(-c4ccc(-c5ccc(-c6ccc(-c7ccc8oc9ccccc9c8c7)c7ccccc67)c6ccccc56)cc4)nc(-c4ccccc4-c4ccccc4)n3)c2)cc1. The average molecular weight is 880 g/mol. The van der Waals surface area contributed by atoms with Gasteiger partial charge in [-0.05, 0) is 101 Å². The molecule has 0 aliphatic rings. The van der Waals surface area contributed by atoms with Crippen LogP contribution in [0.4, 0.5) is 0 Å². The first kappa shape index (κ1) is 40.1. The van der Waals surface area contributed by atoms with Gasteiger partial charge >= 0.3 is 0 Å². The molecule has 13 rings (SSSR count). The topological polar surface area (TPSA) is 51.8 Å². The first-order valence-corrected chi connectivity index (χ1v) is 23.3. The van der Waals surface area contributed by atoms with E-state index in [1.54, 1.807) is 0 Å². The van der Waals surface area contributed by atoms with E-state index in [0.717, 1.165) is 72.0 Å². The molecule has 4 nitrogen and oxygen atoms in total. The van der Waals surface area contributed by atoms with E-state index in [0.29, 0.717) is 17.5 Å². The summed E-state index contributed by atoms with van der Waals surface area (Å²) in [4.78, 5) is 15.6. The van der Waals surface area contributed by atoms with Crippen molar-refractivity contribution in [2.45, 2.75) is 0 Å². The number of nitrogens with zero attached hydrogens (tertiary/aromatic N) is 3. The van der Waals surface area contributed by atoms with Gasteiger partial charge in [0.2, 0.25) is 0 Å². The minimum atomic E-state index is 0.614. The van der Waals surface area contributed by atoms with Crippen LogP contribution in [-0.4, -0.2) is 15.0 Å². The quantitative estimate of drug-likeness (QED) is 0.153. The van der Waals surface area contributed by atoms with Gasteiger partial charge in [-0.25, -0.2) is 15.0 Å². The monoisotopic (exact) mass is 879 g/mol. The largest absolute Gasteiger partial charge is 0.456 e. The Morgan fingerprint density at radius 2 is 0.638 bits per heavy atom. The highest BCUT2D eigenvalue weighted by atomic mass is 16.3. The Hall–Kier alpha value is -9.25. The van der Waals surface area contributed by atoms with Crippen LogP contribution in [0.5, 0.6) is 0 Å². The van der Waals surface area contributed by atoms with Crippen molar-refractivity contribution in [2.75, 3.05) is 0 Å². The summed E-state index contributed by atoms with van der Waals surface area (Å²) in [5.74, 6) is 1.86. The lowest BCUT2D eigenvalue weighted by atomic mass is 9.88. The van der Waals surface area contributed by atoms with Gasteiger partial charge in [-0.2, -0.15) is 0 Å². The van der Waals surface area contributed by atoms with E-state index >= 15 is 0 Å². The van der Waals surface area contributed by atoms with Crippen LogP contribution in [0.3, 0.4) is 0 Å². The minimum Gasteiger partial charge on any atom is -0.456 e. The molecule has 0 atom stereocenters. The molecule has 0 radical (unpaired) electrons. The van der Waals surface area contributed by atoms with Crippen LogP contribution in [0.2, 0.25) is 0 Å². The maximum absolute atomic E-state index is 6.18. The van der Waals surface area contributed by atoms with Crippen LogP contribution < -0.4 is 0 Å². The Kier molecular flexibility index (Phi) is 9.80. The van der Waals surface area contributed by atoms with Crippen LogP contribution in [0, 0.1) is 0 Å². The van der Waals surface area contributed by atoms with Gasteiger partial charge in [0.15, 0.2) is 17.5 Å². The number of para-hydroxylation sites is 1. The number of fused-ring (bicyclic) bond motifs is 5. The fourth-order valence-corrected chi connectivity index (χ4v) is 10.0. The zero-order valence-electron chi connectivity index (χ0n) is 37.4. The number of rotatable bonds is 8. The lowest BCUT2D eigenvalue weighted by Crippen LogP contribution is -2.01. The number of hydrogen-bond donors (Lipinski definition) is 0. The van der Waals surface area contributed by atoms with Crippen molar-refractivity contribution < 1.29 is 4.42 Å². The van der Waals surface area contributed by atoms with Gasteiger partial charge in [0, 0.05) is 27.5 Å². The Morgan fingerprint density at radius 1 is 0.203 bits per heavy atom. The van der Waals surface area contributed by atoms with Crippen molar-refractivity contribution in [1.82, 2.24) is 15.0 Å². The number of furan rings is 1. The molecular formula is C65H41N3O. The van der Waals surface area contributed by atoms with Gasteiger partial charge in [-0.15, -0.1) is 0 Å². The average Bonchev–Trinajstić information content (AvgIpc) is 3.81. The summed E-state index contributed by atoms with van der Waals surface area (Å²) in [5, 5.41) is 7.07. The summed E-state index contributed by atoms with van der Waals surface area (Å²) in [7, 11) is 0. The Morgan fingerprint density at radius 3 is 1.32 bits per heavy atom. The summed E-state index contributed by atoms with van der Waals surface area (Å²) < 4.78 is 6.18. The van der Waals surface area contributed by atoms with Gasteiger partial charge in [-0.1, -0.05) is 224 Å². The Bertz CT molecular complexity index is 4060. The highest BCUT2D eigenvalue weighted by Crippen LogP contribution is 2.43. The molecule has 322 valence electrons. The number of hydrogen-bond acceptors (Lipinski definition) is 4.